The minimum atomic E-state index is -3.53. The number of aromatic nitrogens is 2. The Balaban J connectivity index is 0.00000147. The molecule has 2 heterocycles. The molecule has 1 aromatic rings. The molecule has 0 radical (unpaired) electrons. The molecular formula is C12H21ClN4O2S. The van der Waals surface area contributed by atoms with Crippen LogP contribution < -0.4 is 10.5 Å². The maximum absolute atomic E-state index is 12.5. The minimum Gasteiger partial charge on any atom is -0.329 e. The molecule has 2 aliphatic rings. The number of hydrogen-bond donors (Lipinski definition) is 2. The average Bonchev–Trinajstić information content (AvgIpc) is 3.02. The standard InChI is InChI=1S/C12H20N4O2S.ClH/c13-9-12(5-1-2-6-12)15-19(17,18)11-8-14-10-4-3-7-16(10)11;/h8,15H,1-7,9,13H2;1H. The fourth-order valence-corrected chi connectivity index (χ4v) is 4.82. The van der Waals surface area contributed by atoms with Gasteiger partial charge in [0.2, 0.25) is 0 Å². The summed E-state index contributed by atoms with van der Waals surface area (Å²) in [6.45, 7) is 1.09. The first-order valence-corrected chi connectivity index (χ1v) is 8.33. The Labute approximate surface area is 125 Å². The summed E-state index contributed by atoms with van der Waals surface area (Å²) < 4.78 is 29.7. The highest BCUT2D eigenvalue weighted by Gasteiger charge is 2.38. The first-order chi connectivity index (χ1) is 9.06. The van der Waals surface area contributed by atoms with E-state index in [1.165, 1.54) is 6.20 Å². The second-order valence-electron chi connectivity index (χ2n) is 5.56. The van der Waals surface area contributed by atoms with Gasteiger partial charge in [-0.1, -0.05) is 12.8 Å². The molecular weight excluding hydrogens is 300 g/mol. The van der Waals surface area contributed by atoms with E-state index in [2.05, 4.69) is 9.71 Å². The smallest absolute Gasteiger partial charge is 0.258 e. The summed E-state index contributed by atoms with van der Waals surface area (Å²) in [5.41, 5.74) is 5.34. The van der Waals surface area contributed by atoms with E-state index in [9.17, 15) is 8.42 Å². The van der Waals surface area contributed by atoms with E-state index in [4.69, 9.17) is 5.73 Å². The summed E-state index contributed by atoms with van der Waals surface area (Å²) in [4.78, 5) is 4.20. The molecule has 20 heavy (non-hydrogen) atoms. The van der Waals surface area contributed by atoms with Crippen molar-refractivity contribution in [1.82, 2.24) is 14.3 Å². The van der Waals surface area contributed by atoms with Crippen molar-refractivity contribution in [3.05, 3.63) is 12.0 Å². The number of sulfonamides is 1. The molecule has 8 heteroatoms. The monoisotopic (exact) mass is 320 g/mol. The van der Waals surface area contributed by atoms with Crippen LogP contribution in [-0.4, -0.2) is 30.1 Å². The van der Waals surface area contributed by atoms with Gasteiger partial charge in [-0.2, -0.15) is 0 Å². The van der Waals surface area contributed by atoms with E-state index in [0.717, 1.165) is 50.9 Å². The van der Waals surface area contributed by atoms with Gasteiger partial charge >= 0.3 is 0 Å². The number of imidazole rings is 1. The zero-order chi connectivity index (χ0) is 13.5. The lowest BCUT2D eigenvalue weighted by molar-refractivity contribution is 0.397. The lowest BCUT2D eigenvalue weighted by Crippen LogP contribution is -2.51. The molecule has 1 fully saturated rings. The molecule has 0 atom stereocenters. The molecule has 1 aliphatic heterocycles. The molecule has 114 valence electrons. The van der Waals surface area contributed by atoms with Crippen molar-refractivity contribution in [1.29, 1.82) is 0 Å². The van der Waals surface area contributed by atoms with Gasteiger partial charge in [0.05, 0.1) is 6.20 Å². The normalized spacial score (nSPS) is 20.6. The summed E-state index contributed by atoms with van der Waals surface area (Å²) >= 11 is 0. The lowest BCUT2D eigenvalue weighted by Gasteiger charge is -2.28. The number of nitrogens with two attached hydrogens (primary N) is 1. The average molecular weight is 321 g/mol. The Bertz CT molecular complexity index is 578. The molecule has 0 amide bonds. The number of rotatable bonds is 4. The first kappa shape index (κ1) is 15.8. The van der Waals surface area contributed by atoms with Gasteiger partial charge in [-0.25, -0.2) is 18.1 Å². The van der Waals surface area contributed by atoms with Crippen LogP contribution in [0.2, 0.25) is 0 Å². The Hall–Kier alpha value is -0.630. The van der Waals surface area contributed by atoms with Crippen LogP contribution in [0, 0.1) is 0 Å². The molecule has 0 saturated heterocycles. The van der Waals surface area contributed by atoms with Crippen LogP contribution >= 0.6 is 12.4 Å². The summed E-state index contributed by atoms with van der Waals surface area (Å²) in [6.07, 6.45) is 7.00. The van der Waals surface area contributed by atoms with Crippen LogP contribution in [0.15, 0.2) is 11.2 Å². The molecule has 0 spiro atoms. The van der Waals surface area contributed by atoms with Crippen LogP contribution in [-0.2, 0) is 23.0 Å². The number of halogens is 1. The largest absolute Gasteiger partial charge is 0.329 e. The van der Waals surface area contributed by atoms with Gasteiger partial charge < -0.3 is 10.3 Å². The fraction of sp³-hybridized carbons (Fsp3) is 0.750. The molecule has 0 bridgehead atoms. The Kier molecular flexibility index (Phi) is 4.44. The lowest BCUT2D eigenvalue weighted by atomic mass is 10.0. The molecule has 1 aliphatic carbocycles. The Morgan fingerprint density at radius 2 is 2.05 bits per heavy atom. The second kappa shape index (κ2) is 5.63. The zero-order valence-electron chi connectivity index (χ0n) is 11.3. The maximum Gasteiger partial charge on any atom is 0.258 e. The predicted molar refractivity (Wildman–Crippen MR) is 78.4 cm³/mol. The molecule has 3 rings (SSSR count). The van der Waals surface area contributed by atoms with Gasteiger partial charge in [-0.3, -0.25) is 0 Å². The fourth-order valence-electron chi connectivity index (χ4n) is 3.18. The number of hydrogen-bond acceptors (Lipinski definition) is 4. The zero-order valence-corrected chi connectivity index (χ0v) is 13.0. The van der Waals surface area contributed by atoms with Crippen molar-refractivity contribution in [2.75, 3.05) is 6.54 Å². The maximum atomic E-state index is 12.5. The van der Waals surface area contributed by atoms with Crippen LogP contribution in [0.5, 0.6) is 0 Å². The predicted octanol–water partition coefficient (Wildman–Crippen LogP) is 0.801. The molecule has 1 aromatic heterocycles. The van der Waals surface area contributed by atoms with Crippen molar-refractivity contribution in [2.45, 2.75) is 55.6 Å². The Morgan fingerprint density at radius 3 is 2.70 bits per heavy atom. The number of fused-ring (bicyclic) bond motifs is 1. The molecule has 0 aromatic carbocycles. The topological polar surface area (TPSA) is 90.0 Å². The van der Waals surface area contributed by atoms with Gasteiger partial charge in [0.25, 0.3) is 10.0 Å². The third kappa shape index (κ3) is 2.59. The van der Waals surface area contributed by atoms with Crippen LogP contribution in [0.25, 0.3) is 0 Å². The van der Waals surface area contributed by atoms with E-state index in [1.807, 2.05) is 4.57 Å². The van der Waals surface area contributed by atoms with E-state index in [1.54, 1.807) is 0 Å². The molecule has 1 saturated carbocycles. The van der Waals surface area contributed by atoms with Crippen LogP contribution in [0.4, 0.5) is 0 Å². The molecule has 6 nitrogen and oxygen atoms in total. The quantitative estimate of drug-likeness (QED) is 0.858. The molecule has 3 N–H and O–H groups in total. The third-order valence-electron chi connectivity index (χ3n) is 4.26. The number of aryl methyl sites for hydroxylation is 1. The van der Waals surface area contributed by atoms with E-state index < -0.39 is 15.6 Å². The summed E-state index contributed by atoms with van der Waals surface area (Å²) in [7, 11) is -3.53. The summed E-state index contributed by atoms with van der Waals surface area (Å²) in [6, 6.07) is 0. The highest BCUT2D eigenvalue weighted by atomic mass is 35.5. The molecule has 0 unspecified atom stereocenters. The van der Waals surface area contributed by atoms with Crippen molar-refractivity contribution in [3.63, 3.8) is 0 Å². The highest BCUT2D eigenvalue weighted by Crippen LogP contribution is 2.31. The van der Waals surface area contributed by atoms with Crippen molar-refractivity contribution in [2.24, 2.45) is 5.73 Å². The van der Waals surface area contributed by atoms with Crippen molar-refractivity contribution in [3.8, 4) is 0 Å². The summed E-state index contributed by atoms with van der Waals surface area (Å²) in [5, 5.41) is 0.291. The highest BCUT2D eigenvalue weighted by molar-refractivity contribution is 7.89. The first-order valence-electron chi connectivity index (χ1n) is 6.85. The van der Waals surface area contributed by atoms with Crippen molar-refractivity contribution < 1.29 is 8.42 Å². The SMILES string of the molecule is Cl.NCC1(NS(=O)(=O)c2cnc3n2CCC3)CCCC1. The van der Waals surface area contributed by atoms with E-state index >= 15 is 0 Å². The number of nitrogens with one attached hydrogen (secondary N) is 1. The van der Waals surface area contributed by atoms with Crippen LogP contribution in [0.3, 0.4) is 0 Å². The van der Waals surface area contributed by atoms with Crippen LogP contribution in [0.1, 0.15) is 37.9 Å². The van der Waals surface area contributed by atoms with E-state index in [0.29, 0.717) is 11.6 Å². The summed E-state index contributed by atoms with van der Waals surface area (Å²) in [5.74, 6) is 0.869. The minimum absolute atomic E-state index is 0. The van der Waals surface area contributed by atoms with Gasteiger partial charge in [-0.15, -0.1) is 12.4 Å². The second-order valence-corrected chi connectivity index (χ2v) is 7.19. The van der Waals surface area contributed by atoms with Gasteiger partial charge in [0.15, 0.2) is 5.03 Å². The van der Waals surface area contributed by atoms with Crippen molar-refractivity contribution >= 4 is 22.4 Å². The van der Waals surface area contributed by atoms with Gasteiger partial charge in [-0.05, 0) is 19.3 Å². The number of nitrogens with zero attached hydrogens (tertiary/aromatic N) is 2. The Morgan fingerprint density at radius 1 is 1.35 bits per heavy atom. The van der Waals surface area contributed by atoms with Gasteiger partial charge in [0, 0.05) is 25.0 Å². The van der Waals surface area contributed by atoms with E-state index in [-0.39, 0.29) is 12.4 Å². The van der Waals surface area contributed by atoms with Gasteiger partial charge in [0.1, 0.15) is 5.82 Å². The third-order valence-corrected chi connectivity index (χ3v) is 5.84.